The van der Waals surface area contributed by atoms with E-state index in [-0.39, 0.29) is 18.1 Å². The molecule has 0 spiro atoms. The molecule has 0 bridgehead atoms. The molecular weight excluding hydrogens is 330 g/mol. The zero-order valence-electron chi connectivity index (χ0n) is 13.5. The van der Waals surface area contributed by atoms with Gasteiger partial charge < -0.3 is 10.2 Å². The van der Waals surface area contributed by atoms with E-state index < -0.39 is 4.92 Å². The van der Waals surface area contributed by atoms with E-state index in [1.54, 1.807) is 19.1 Å². The largest absolute Gasteiger partial charge is 0.326 e. The molecule has 1 unspecified atom stereocenters. The number of benzene rings is 2. The number of carbonyl (C=O) groups excluding carboxylic acids is 1. The Morgan fingerprint density at radius 2 is 2.04 bits per heavy atom. The molecular formula is C17H19ClN3O3+. The van der Waals surface area contributed by atoms with Crippen LogP contribution in [0.25, 0.3) is 0 Å². The van der Waals surface area contributed by atoms with Crippen LogP contribution in [0.4, 0.5) is 11.4 Å². The quantitative estimate of drug-likeness (QED) is 0.620. The third-order valence-electron chi connectivity index (χ3n) is 3.56. The van der Waals surface area contributed by atoms with Crippen LogP contribution in [0.2, 0.25) is 5.02 Å². The number of hydrogen-bond acceptors (Lipinski definition) is 3. The van der Waals surface area contributed by atoms with Crippen molar-refractivity contribution in [1.29, 1.82) is 0 Å². The average molecular weight is 349 g/mol. The summed E-state index contributed by atoms with van der Waals surface area (Å²) in [6, 6.07) is 11.9. The molecule has 0 saturated heterocycles. The number of amides is 1. The van der Waals surface area contributed by atoms with Gasteiger partial charge in [0.05, 0.1) is 17.7 Å². The topological polar surface area (TPSA) is 76.7 Å². The van der Waals surface area contributed by atoms with Crippen molar-refractivity contribution in [3.8, 4) is 0 Å². The van der Waals surface area contributed by atoms with Crippen molar-refractivity contribution >= 4 is 28.9 Å². The molecule has 6 nitrogen and oxygen atoms in total. The Kier molecular flexibility index (Phi) is 5.89. The Labute approximate surface area is 145 Å². The van der Waals surface area contributed by atoms with Crippen molar-refractivity contribution in [3.05, 3.63) is 68.7 Å². The first-order valence-corrected chi connectivity index (χ1v) is 7.83. The zero-order chi connectivity index (χ0) is 17.7. The Morgan fingerprint density at radius 3 is 2.71 bits per heavy atom. The first kappa shape index (κ1) is 17.9. The molecule has 2 N–H and O–H groups in total. The minimum Gasteiger partial charge on any atom is -0.326 e. The number of non-ortho nitro benzene ring substituents is 1. The molecule has 1 atom stereocenters. The maximum Gasteiger partial charge on any atom is 0.279 e. The molecule has 2 aromatic rings. The standard InChI is InChI=1S/C17H18ClN3O3/c1-12-6-7-15(21(23)24)9-16(12)19-17(22)11-20(2)10-13-4-3-5-14(18)8-13/h3-9H,10-11H2,1-2H3,(H,19,22)/p+1. The molecule has 2 aromatic carbocycles. The monoisotopic (exact) mass is 348 g/mol. The summed E-state index contributed by atoms with van der Waals surface area (Å²) < 4.78 is 0. The molecule has 0 fully saturated rings. The van der Waals surface area contributed by atoms with Gasteiger partial charge in [0.1, 0.15) is 6.54 Å². The number of rotatable bonds is 6. The highest BCUT2D eigenvalue weighted by Gasteiger charge is 2.14. The van der Waals surface area contributed by atoms with Crippen LogP contribution in [0.15, 0.2) is 42.5 Å². The van der Waals surface area contributed by atoms with Gasteiger partial charge in [-0.15, -0.1) is 0 Å². The number of quaternary nitrogens is 1. The summed E-state index contributed by atoms with van der Waals surface area (Å²) in [6.45, 7) is 2.69. The van der Waals surface area contributed by atoms with E-state index >= 15 is 0 Å². The Balaban J connectivity index is 1.97. The van der Waals surface area contributed by atoms with E-state index in [1.807, 2.05) is 25.2 Å². The van der Waals surface area contributed by atoms with E-state index in [0.29, 0.717) is 17.3 Å². The number of aryl methyl sites for hydroxylation is 1. The smallest absolute Gasteiger partial charge is 0.279 e. The SMILES string of the molecule is Cc1ccc([N+](=O)[O-])cc1NC(=O)C[NH+](C)Cc1cccc(Cl)c1. The molecule has 7 heteroatoms. The van der Waals surface area contributed by atoms with Crippen molar-refractivity contribution < 1.29 is 14.6 Å². The Hall–Kier alpha value is -2.44. The minimum atomic E-state index is -0.481. The second-order valence-corrected chi connectivity index (χ2v) is 6.18. The third-order valence-corrected chi connectivity index (χ3v) is 3.80. The van der Waals surface area contributed by atoms with Gasteiger partial charge in [0.2, 0.25) is 0 Å². The molecule has 0 aliphatic rings. The van der Waals surface area contributed by atoms with Gasteiger partial charge in [0, 0.05) is 22.7 Å². The lowest BCUT2D eigenvalue weighted by molar-refractivity contribution is -0.885. The molecule has 0 aromatic heterocycles. The number of nitro groups is 1. The van der Waals surface area contributed by atoms with E-state index in [1.165, 1.54) is 12.1 Å². The molecule has 1 amide bonds. The average Bonchev–Trinajstić information content (AvgIpc) is 2.49. The number of hydrogen-bond donors (Lipinski definition) is 2. The number of likely N-dealkylation sites (N-methyl/N-ethyl adjacent to an activating group) is 1. The van der Waals surface area contributed by atoms with Crippen LogP contribution in [-0.4, -0.2) is 24.4 Å². The van der Waals surface area contributed by atoms with Gasteiger partial charge in [-0.3, -0.25) is 14.9 Å². The number of carbonyl (C=O) groups is 1. The lowest BCUT2D eigenvalue weighted by Gasteiger charge is -2.14. The fraction of sp³-hybridized carbons (Fsp3) is 0.235. The van der Waals surface area contributed by atoms with Crippen LogP contribution in [0, 0.1) is 17.0 Å². The normalized spacial score (nSPS) is 11.8. The summed E-state index contributed by atoms with van der Waals surface area (Å²) in [4.78, 5) is 23.5. The molecule has 0 heterocycles. The van der Waals surface area contributed by atoms with Crippen LogP contribution in [0.3, 0.4) is 0 Å². The Bertz CT molecular complexity index is 764. The van der Waals surface area contributed by atoms with Crippen LogP contribution >= 0.6 is 11.6 Å². The van der Waals surface area contributed by atoms with Crippen molar-refractivity contribution in [2.75, 3.05) is 18.9 Å². The van der Waals surface area contributed by atoms with Gasteiger partial charge in [-0.2, -0.15) is 0 Å². The predicted molar refractivity (Wildman–Crippen MR) is 93.4 cm³/mol. The highest BCUT2D eigenvalue weighted by Crippen LogP contribution is 2.21. The maximum atomic E-state index is 12.2. The second kappa shape index (κ2) is 7.90. The van der Waals surface area contributed by atoms with E-state index in [4.69, 9.17) is 11.6 Å². The number of halogens is 1. The van der Waals surface area contributed by atoms with Gasteiger partial charge in [0.25, 0.3) is 11.6 Å². The van der Waals surface area contributed by atoms with E-state index in [0.717, 1.165) is 16.0 Å². The summed E-state index contributed by atoms with van der Waals surface area (Å²) in [5.41, 5.74) is 2.24. The van der Waals surface area contributed by atoms with Gasteiger partial charge in [-0.1, -0.05) is 29.8 Å². The molecule has 0 aliphatic carbocycles. The fourth-order valence-electron chi connectivity index (χ4n) is 2.38. The van der Waals surface area contributed by atoms with Gasteiger partial charge in [-0.25, -0.2) is 0 Å². The van der Waals surface area contributed by atoms with Crippen LogP contribution in [-0.2, 0) is 11.3 Å². The number of nitrogens with one attached hydrogen (secondary N) is 2. The summed E-state index contributed by atoms with van der Waals surface area (Å²) in [5, 5.41) is 14.2. The number of nitrogens with zero attached hydrogens (tertiary/aromatic N) is 1. The second-order valence-electron chi connectivity index (χ2n) is 5.75. The number of nitro benzene ring substituents is 1. The van der Waals surface area contributed by atoms with Gasteiger partial charge >= 0.3 is 0 Å². The van der Waals surface area contributed by atoms with Crippen molar-refractivity contribution in [2.45, 2.75) is 13.5 Å². The van der Waals surface area contributed by atoms with Crippen LogP contribution in [0.5, 0.6) is 0 Å². The minimum absolute atomic E-state index is 0.0458. The van der Waals surface area contributed by atoms with Crippen molar-refractivity contribution in [2.24, 2.45) is 0 Å². The summed E-state index contributed by atoms with van der Waals surface area (Å²) in [6.07, 6.45) is 0. The Morgan fingerprint density at radius 1 is 1.29 bits per heavy atom. The fourth-order valence-corrected chi connectivity index (χ4v) is 2.60. The van der Waals surface area contributed by atoms with E-state index in [2.05, 4.69) is 5.32 Å². The highest BCUT2D eigenvalue weighted by molar-refractivity contribution is 6.30. The summed E-state index contributed by atoms with van der Waals surface area (Å²) in [7, 11) is 1.90. The van der Waals surface area contributed by atoms with Crippen molar-refractivity contribution in [1.82, 2.24) is 0 Å². The van der Waals surface area contributed by atoms with Crippen LogP contribution < -0.4 is 10.2 Å². The molecule has 0 radical (unpaired) electrons. The lowest BCUT2D eigenvalue weighted by Crippen LogP contribution is -3.08. The molecule has 0 aliphatic heterocycles. The number of anilines is 1. The van der Waals surface area contributed by atoms with E-state index in [9.17, 15) is 14.9 Å². The summed E-state index contributed by atoms with van der Waals surface area (Å²) in [5.74, 6) is -0.196. The highest BCUT2D eigenvalue weighted by atomic mass is 35.5. The van der Waals surface area contributed by atoms with Gasteiger partial charge in [-0.05, 0) is 24.6 Å². The first-order valence-electron chi connectivity index (χ1n) is 7.46. The van der Waals surface area contributed by atoms with Crippen molar-refractivity contribution in [3.63, 3.8) is 0 Å². The predicted octanol–water partition coefficient (Wildman–Crippen LogP) is 2.21. The molecule has 2 rings (SSSR count). The first-order chi connectivity index (χ1) is 11.3. The van der Waals surface area contributed by atoms with Crippen LogP contribution in [0.1, 0.15) is 11.1 Å². The molecule has 0 saturated carbocycles. The van der Waals surface area contributed by atoms with Gasteiger partial charge in [0.15, 0.2) is 6.54 Å². The summed E-state index contributed by atoms with van der Waals surface area (Å²) >= 11 is 5.96. The lowest BCUT2D eigenvalue weighted by atomic mass is 10.2. The third kappa shape index (κ3) is 5.04. The zero-order valence-corrected chi connectivity index (χ0v) is 14.3. The molecule has 24 heavy (non-hydrogen) atoms. The molecule has 126 valence electrons. The maximum absolute atomic E-state index is 12.2.